The normalized spacial score (nSPS) is 12.8. The second-order valence-corrected chi connectivity index (χ2v) is 4.57. The van der Waals surface area contributed by atoms with E-state index in [2.05, 4.69) is 4.98 Å². The summed E-state index contributed by atoms with van der Waals surface area (Å²) in [4.78, 5) is 3.98. The van der Waals surface area contributed by atoms with Crippen molar-refractivity contribution in [1.82, 2.24) is 4.98 Å². The summed E-state index contributed by atoms with van der Waals surface area (Å²) in [6.45, 7) is 2.02. The summed E-state index contributed by atoms with van der Waals surface area (Å²) in [6.07, 6.45) is 1.15. The van der Waals surface area contributed by atoms with Crippen LogP contribution in [0.5, 0.6) is 0 Å². The second-order valence-electron chi connectivity index (χ2n) is 4.57. The van der Waals surface area contributed by atoms with Gasteiger partial charge in [0.25, 0.3) is 0 Å². The smallest absolute Gasteiger partial charge is 0.141 e. The van der Waals surface area contributed by atoms with Crippen molar-refractivity contribution in [3.05, 3.63) is 65.4 Å². The third-order valence-corrected chi connectivity index (χ3v) is 3.07. The van der Waals surface area contributed by atoms with Crippen LogP contribution in [0, 0.1) is 12.7 Å². The van der Waals surface area contributed by atoms with E-state index in [0.29, 0.717) is 11.5 Å². The largest absolute Gasteiger partial charge is 0.459 e. The Kier molecular flexibility index (Phi) is 2.80. The first kappa shape index (κ1) is 11.9. The van der Waals surface area contributed by atoms with Crippen LogP contribution in [0.25, 0.3) is 11.0 Å². The van der Waals surface area contributed by atoms with Crippen molar-refractivity contribution in [2.45, 2.75) is 13.0 Å². The highest BCUT2D eigenvalue weighted by molar-refractivity contribution is 5.78. The Morgan fingerprint density at radius 2 is 2.05 bits per heavy atom. The molecule has 3 aromatic rings. The van der Waals surface area contributed by atoms with E-state index >= 15 is 0 Å². The van der Waals surface area contributed by atoms with Crippen molar-refractivity contribution in [3.8, 4) is 0 Å². The SMILES string of the molecule is Cc1ccc2oc(C(N)c3ccc(F)cn3)cc2c1. The van der Waals surface area contributed by atoms with Gasteiger partial charge in [0.15, 0.2) is 0 Å². The van der Waals surface area contributed by atoms with Gasteiger partial charge in [0, 0.05) is 5.39 Å². The first-order valence-corrected chi connectivity index (χ1v) is 6.00. The van der Waals surface area contributed by atoms with Gasteiger partial charge in [-0.15, -0.1) is 0 Å². The first-order chi connectivity index (χ1) is 9.13. The molecule has 0 aliphatic heterocycles. The number of nitrogens with two attached hydrogens (primary N) is 1. The van der Waals surface area contributed by atoms with Crippen LogP contribution >= 0.6 is 0 Å². The Bertz CT molecular complexity index is 719. The summed E-state index contributed by atoms with van der Waals surface area (Å²) >= 11 is 0. The van der Waals surface area contributed by atoms with E-state index in [4.69, 9.17) is 10.2 Å². The molecule has 0 spiro atoms. The van der Waals surface area contributed by atoms with Gasteiger partial charge in [-0.25, -0.2) is 4.39 Å². The lowest BCUT2D eigenvalue weighted by molar-refractivity contribution is 0.519. The molecule has 0 saturated heterocycles. The molecular weight excluding hydrogens is 243 g/mol. The summed E-state index contributed by atoms with van der Waals surface area (Å²) in [5.74, 6) is 0.246. The van der Waals surface area contributed by atoms with E-state index in [1.165, 1.54) is 6.07 Å². The minimum absolute atomic E-state index is 0.379. The van der Waals surface area contributed by atoms with Crippen molar-refractivity contribution >= 4 is 11.0 Å². The lowest BCUT2D eigenvalue weighted by atomic mass is 10.1. The summed E-state index contributed by atoms with van der Waals surface area (Å²) in [6, 6.07) is 10.3. The zero-order valence-corrected chi connectivity index (χ0v) is 10.4. The van der Waals surface area contributed by atoms with Crippen LogP contribution in [0.1, 0.15) is 23.1 Å². The van der Waals surface area contributed by atoms with Crippen LogP contribution in [-0.4, -0.2) is 4.98 Å². The van der Waals surface area contributed by atoms with E-state index in [0.717, 1.165) is 22.7 Å². The molecule has 96 valence electrons. The molecule has 1 atom stereocenters. The van der Waals surface area contributed by atoms with Crippen LogP contribution in [0.2, 0.25) is 0 Å². The Hall–Kier alpha value is -2.20. The van der Waals surface area contributed by atoms with Crippen molar-refractivity contribution in [3.63, 3.8) is 0 Å². The Morgan fingerprint density at radius 3 is 2.79 bits per heavy atom. The first-order valence-electron chi connectivity index (χ1n) is 6.00. The number of aryl methyl sites for hydroxylation is 1. The Morgan fingerprint density at radius 1 is 1.21 bits per heavy atom. The fraction of sp³-hybridized carbons (Fsp3) is 0.133. The fourth-order valence-electron chi connectivity index (χ4n) is 2.05. The number of aromatic nitrogens is 1. The average molecular weight is 256 g/mol. The zero-order valence-electron chi connectivity index (χ0n) is 10.4. The van der Waals surface area contributed by atoms with Gasteiger partial charge in [0.05, 0.1) is 11.9 Å². The maximum absolute atomic E-state index is 12.8. The molecule has 2 aromatic heterocycles. The van der Waals surface area contributed by atoms with Gasteiger partial charge < -0.3 is 10.2 Å². The van der Waals surface area contributed by atoms with Crippen LogP contribution < -0.4 is 5.73 Å². The molecule has 19 heavy (non-hydrogen) atoms. The topological polar surface area (TPSA) is 52.0 Å². The molecule has 0 fully saturated rings. The molecule has 2 heterocycles. The highest BCUT2D eigenvalue weighted by Crippen LogP contribution is 2.26. The van der Waals surface area contributed by atoms with Gasteiger partial charge >= 0.3 is 0 Å². The third kappa shape index (κ3) is 2.22. The summed E-state index contributed by atoms with van der Waals surface area (Å²) in [5.41, 5.74) is 8.62. The Labute approximate surface area is 109 Å². The van der Waals surface area contributed by atoms with Gasteiger partial charge in [-0.2, -0.15) is 0 Å². The highest BCUT2D eigenvalue weighted by Gasteiger charge is 2.15. The fourth-order valence-corrected chi connectivity index (χ4v) is 2.05. The quantitative estimate of drug-likeness (QED) is 0.765. The maximum Gasteiger partial charge on any atom is 0.141 e. The van der Waals surface area contributed by atoms with E-state index in [1.807, 2.05) is 31.2 Å². The predicted octanol–water partition coefficient (Wildman–Crippen LogP) is 3.32. The lowest BCUT2D eigenvalue weighted by Crippen LogP contribution is -2.12. The summed E-state index contributed by atoms with van der Waals surface area (Å²) in [5, 5.41) is 1.01. The number of hydrogen-bond acceptors (Lipinski definition) is 3. The van der Waals surface area contributed by atoms with Crippen molar-refractivity contribution in [2.75, 3.05) is 0 Å². The molecule has 0 amide bonds. The van der Waals surface area contributed by atoms with E-state index in [1.54, 1.807) is 6.07 Å². The number of hydrogen-bond donors (Lipinski definition) is 1. The molecule has 1 unspecified atom stereocenters. The molecule has 1 aromatic carbocycles. The number of furan rings is 1. The van der Waals surface area contributed by atoms with Gasteiger partial charge in [-0.05, 0) is 37.3 Å². The average Bonchev–Trinajstić information content (AvgIpc) is 2.81. The lowest BCUT2D eigenvalue weighted by Gasteiger charge is -2.07. The molecule has 4 heteroatoms. The molecule has 0 aliphatic carbocycles. The van der Waals surface area contributed by atoms with Gasteiger partial charge in [-0.1, -0.05) is 11.6 Å². The molecule has 0 bridgehead atoms. The molecule has 0 radical (unpaired) electrons. The van der Waals surface area contributed by atoms with Crippen molar-refractivity contribution in [1.29, 1.82) is 0 Å². The molecule has 2 N–H and O–H groups in total. The summed E-state index contributed by atoms with van der Waals surface area (Å²) in [7, 11) is 0. The van der Waals surface area contributed by atoms with Crippen LogP contribution in [0.4, 0.5) is 4.39 Å². The number of benzene rings is 1. The second kappa shape index (κ2) is 4.48. The van der Waals surface area contributed by atoms with Gasteiger partial charge in [0.1, 0.15) is 23.2 Å². The zero-order chi connectivity index (χ0) is 13.4. The number of pyridine rings is 1. The minimum atomic E-state index is -0.492. The highest BCUT2D eigenvalue weighted by atomic mass is 19.1. The van der Waals surface area contributed by atoms with Crippen LogP contribution in [0.3, 0.4) is 0 Å². The van der Waals surface area contributed by atoms with Crippen molar-refractivity contribution < 1.29 is 8.81 Å². The summed E-state index contributed by atoms with van der Waals surface area (Å²) < 4.78 is 18.5. The van der Waals surface area contributed by atoms with Crippen LogP contribution in [-0.2, 0) is 0 Å². The maximum atomic E-state index is 12.8. The van der Waals surface area contributed by atoms with Crippen molar-refractivity contribution in [2.24, 2.45) is 5.73 Å². The molecule has 3 rings (SSSR count). The molecule has 0 saturated carbocycles. The number of halogens is 1. The van der Waals surface area contributed by atoms with Crippen LogP contribution in [0.15, 0.2) is 47.0 Å². The van der Waals surface area contributed by atoms with Gasteiger partial charge in [0.2, 0.25) is 0 Å². The van der Waals surface area contributed by atoms with Gasteiger partial charge in [-0.3, -0.25) is 4.98 Å². The molecular formula is C15H13FN2O. The van der Waals surface area contributed by atoms with E-state index in [-0.39, 0.29) is 5.82 Å². The van der Waals surface area contributed by atoms with E-state index in [9.17, 15) is 4.39 Å². The number of rotatable bonds is 2. The monoisotopic (exact) mass is 256 g/mol. The number of nitrogens with zero attached hydrogens (tertiary/aromatic N) is 1. The van der Waals surface area contributed by atoms with E-state index < -0.39 is 6.04 Å². The standard InChI is InChI=1S/C15H13FN2O/c1-9-2-5-13-10(6-9)7-14(19-13)15(17)12-4-3-11(16)8-18-12/h2-8,15H,17H2,1H3. The minimum Gasteiger partial charge on any atom is -0.459 e. The Balaban J connectivity index is 2.01. The third-order valence-electron chi connectivity index (χ3n) is 3.07. The predicted molar refractivity (Wildman–Crippen MR) is 71.2 cm³/mol. The molecule has 0 aliphatic rings. The number of fused-ring (bicyclic) bond motifs is 1. The molecule has 3 nitrogen and oxygen atoms in total.